The molecule has 0 radical (unpaired) electrons. The molecule has 2 N–H and O–H groups in total. The molecule has 3 aromatic rings. The number of benzene rings is 3. The predicted octanol–water partition coefficient (Wildman–Crippen LogP) is 2.65. The number of hydrogen-bond donors (Lipinski definition) is 1. The molecule has 0 fully saturated rings. The highest BCUT2D eigenvalue weighted by Crippen LogP contribution is 2.28. The Morgan fingerprint density at radius 3 is 2.30 bits per heavy atom. The minimum absolute atomic E-state index is 0.0905. The van der Waals surface area contributed by atoms with Crippen LogP contribution in [0.15, 0.2) is 66.7 Å². The monoisotopic (exact) mass is 327 g/mol. The molecule has 3 aromatic carbocycles. The molecule has 0 atom stereocenters. The first kappa shape index (κ1) is 15.2. The van der Waals surface area contributed by atoms with Crippen LogP contribution in [0.1, 0.15) is 15.9 Å². The lowest BCUT2D eigenvalue weighted by Gasteiger charge is -2.08. The minimum Gasteiger partial charge on any atom is -0.370 e. The van der Waals surface area contributed by atoms with Gasteiger partial charge >= 0.3 is 10.3 Å². The fraction of sp³-hybridized carbons (Fsp3) is 0. The van der Waals surface area contributed by atoms with Gasteiger partial charge in [0.25, 0.3) is 0 Å². The molecular formula is C17H13NO4S. The Labute approximate surface area is 133 Å². The molecule has 0 saturated heterocycles. The van der Waals surface area contributed by atoms with E-state index in [0.717, 1.165) is 5.39 Å². The molecule has 5 nitrogen and oxygen atoms in total. The predicted molar refractivity (Wildman–Crippen MR) is 87.6 cm³/mol. The second-order valence-electron chi connectivity index (χ2n) is 4.96. The van der Waals surface area contributed by atoms with Crippen LogP contribution in [0.5, 0.6) is 5.75 Å². The van der Waals surface area contributed by atoms with E-state index in [9.17, 15) is 13.2 Å². The van der Waals surface area contributed by atoms with Gasteiger partial charge in [0.2, 0.25) is 0 Å². The maximum absolute atomic E-state index is 12.5. The molecule has 0 bridgehead atoms. The van der Waals surface area contributed by atoms with Crippen LogP contribution in [-0.2, 0) is 10.3 Å². The summed E-state index contributed by atoms with van der Waals surface area (Å²) in [6, 6.07) is 18.8. The lowest BCUT2D eigenvalue weighted by molar-refractivity contribution is 0.103. The fourth-order valence-electron chi connectivity index (χ4n) is 2.34. The normalized spacial score (nSPS) is 11.3. The van der Waals surface area contributed by atoms with Crippen LogP contribution in [0.4, 0.5) is 0 Å². The van der Waals surface area contributed by atoms with Gasteiger partial charge in [0.05, 0.1) is 0 Å². The highest BCUT2D eigenvalue weighted by Gasteiger charge is 2.13. The number of carbonyl (C=O) groups is 1. The van der Waals surface area contributed by atoms with Crippen molar-refractivity contribution in [1.29, 1.82) is 0 Å². The molecular weight excluding hydrogens is 314 g/mol. The van der Waals surface area contributed by atoms with Gasteiger partial charge in [-0.3, -0.25) is 4.79 Å². The van der Waals surface area contributed by atoms with E-state index in [-0.39, 0.29) is 11.5 Å². The van der Waals surface area contributed by atoms with E-state index in [1.165, 1.54) is 6.07 Å². The third-order valence-corrected chi connectivity index (χ3v) is 3.76. The van der Waals surface area contributed by atoms with Crippen LogP contribution in [0.3, 0.4) is 0 Å². The van der Waals surface area contributed by atoms with Crippen LogP contribution in [0.2, 0.25) is 0 Å². The van der Waals surface area contributed by atoms with Crippen molar-refractivity contribution in [3.05, 3.63) is 77.9 Å². The van der Waals surface area contributed by atoms with Crippen molar-refractivity contribution in [3.63, 3.8) is 0 Å². The molecule has 6 heteroatoms. The Morgan fingerprint density at radius 2 is 1.61 bits per heavy atom. The summed E-state index contributed by atoms with van der Waals surface area (Å²) in [4.78, 5) is 12.5. The molecule has 0 saturated carbocycles. The molecule has 0 spiro atoms. The second-order valence-corrected chi connectivity index (χ2v) is 6.12. The van der Waals surface area contributed by atoms with E-state index in [2.05, 4.69) is 0 Å². The lowest BCUT2D eigenvalue weighted by atomic mass is 10.00. The molecule has 3 rings (SSSR count). The summed E-state index contributed by atoms with van der Waals surface area (Å²) in [7, 11) is -4.14. The number of carbonyl (C=O) groups excluding carboxylic acids is 1. The van der Waals surface area contributed by atoms with Crippen LogP contribution >= 0.6 is 0 Å². The zero-order valence-corrected chi connectivity index (χ0v) is 12.8. The number of rotatable bonds is 4. The maximum atomic E-state index is 12.5. The summed E-state index contributed by atoms with van der Waals surface area (Å²) < 4.78 is 27.1. The Hall–Kier alpha value is -2.70. The first-order valence-corrected chi connectivity index (χ1v) is 8.26. The highest BCUT2D eigenvalue weighted by molar-refractivity contribution is 7.84. The van der Waals surface area contributed by atoms with Crippen LogP contribution in [0, 0.1) is 0 Å². The molecule has 116 valence electrons. The number of fused-ring (bicyclic) bond motifs is 1. The summed E-state index contributed by atoms with van der Waals surface area (Å²) in [5.41, 5.74) is 0.992. The molecule has 0 aliphatic carbocycles. The average molecular weight is 327 g/mol. The van der Waals surface area contributed by atoms with Crippen molar-refractivity contribution in [2.75, 3.05) is 0 Å². The summed E-state index contributed by atoms with van der Waals surface area (Å²) in [6.07, 6.45) is 0. The standard InChI is InChI=1S/C17H13NO4S/c18-23(20,21)22-16-8-4-7-12-9-10-14(11-15(12)16)17(19)13-5-2-1-3-6-13/h1-11H,(H2,18,20,21). The van der Waals surface area contributed by atoms with Crippen LogP contribution < -0.4 is 9.32 Å². The molecule has 0 aliphatic rings. The van der Waals surface area contributed by atoms with E-state index < -0.39 is 10.3 Å². The van der Waals surface area contributed by atoms with Crippen molar-refractivity contribution >= 4 is 26.9 Å². The van der Waals surface area contributed by atoms with Gasteiger partial charge in [-0.2, -0.15) is 13.6 Å². The molecule has 23 heavy (non-hydrogen) atoms. The van der Waals surface area contributed by atoms with Gasteiger partial charge in [-0.05, 0) is 17.5 Å². The third-order valence-electron chi connectivity index (χ3n) is 3.35. The van der Waals surface area contributed by atoms with Gasteiger partial charge in [-0.25, -0.2) is 0 Å². The van der Waals surface area contributed by atoms with Crippen molar-refractivity contribution < 1.29 is 17.4 Å². The van der Waals surface area contributed by atoms with Gasteiger partial charge in [-0.15, -0.1) is 0 Å². The Bertz CT molecular complexity index is 982. The highest BCUT2D eigenvalue weighted by atomic mass is 32.2. The smallest absolute Gasteiger partial charge is 0.370 e. The zero-order chi connectivity index (χ0) is 16.4. The van der Waals surface area contributed by atoms with Gasteiger partial charge in [-0.1, -0.05) is 54.6 Å². The van der Waals surface area contributed by atoms with E-state index in [1.54, 1.807) is 54.6 Å². The van der Waals surface area contributed by atoms with Crippen molar-refractivity contribution in [2.45, 2.75) is 0 Å². The summed E-state index contributed by atoms with van der Waals surface area (Å²) in [5.74, 6) is -0.0642. The molecule has 0 amide bonds. The number of hydrogen-bond acceptors (Lipinski definition) is 4. The number of nitrogens with two attached hydrogens (primary N) is 1. The molecule has 0 aliphatic heterocycles. The third kappa shape index (κ3) is 3.39. The van der Waals surface area contributed by atoms with Crippen LogP contribution in [0.25, 0.3) is 10.8 Å². The fourth-order valence-corrected chi connectivity index (χ4v) is 2.73. The molecule has 0 unspecified atom stereocenters. The SMILES string of the molecule is NS(=O)(=O)Oc1cccc2ccc(C(=O)c3ccccc3)cc12. The lowest BCUT2D eigenvalue weighted by Crippen LogP contribution is -2.19. The van der Waals surface area contributed by atoms with Gasteiger partial charge in [0.1, 0.15) is 0 Å². The van der Waals surface area contributed by atoms with Gasteiger partial charge in [0, 0.05) is 16.5 Å². The first-order chi connectivity index (χ1) is 10.9. The van der Waals surface area contributed by atoms with Gasteiger partial charge < -0.3 is 4.18 Å². The minimum atomic E-state index is -4.14. The summed E-state index contributed by atoms with van der Waals surface area (Å²) in [5, 5.41) is 6.18. The maximum Gasteiger partial charge on any atom is 0.380 e. The number of ketones is 1. The Morgan fingerprint density at radius 1 is 0.870 bits per heavy atom. The average Bonchev–Trinajstić information content (AvgIpc) is 2.53. The van der Waals surface area contributed by atoms with Crippen molar-refractivity contribution in [1.82, 2.24) is 0 Å². The molecule has 0 heterocycles. The van der Waals surface area contributed by atoms with E-state index in [4.69, 9.17) is 9.32 Å². The first-order valence-electron chi connectivity index (χ1n) is 6.79. The molecule has 0 aromatic heterocycles. The topological polar surface area (TPSA) is 86.5 Å². The van der Waals surface area contributed by atoms with Crippen molar-refractivity contribution in [3.8, 4) is 5.75 Å². The second kappa shape index (κ2) is 5.83. The zero-order valence-electron chi connectivity index (χ0n) is 12.0. The largest absolute Gasteiger partial charge is 0.380 e. The Kier molecular flexibility index (Phi) is 3.85. The van der Waals surface area contributed by atoms with Gasteiger partial charge in [0.15, 0.2) is 11.5 Å². The summed E-state index contributed by atoms with van der Waals surface area (Å²) >= 11 is 0. The van der Waals surface area contributed by atoms with E-state index >= 15 is 0 Å². The quantitative estimate of drug-likeness (QED) is 0.746. The van der Waals surface area contributed by atoms with Crippen LogP contribution in [-0.4, -0.2) is 14.2 Å². The van der Waals surface area contributed by atoms with E-state index in [1.807, 2.05) is 6.07 Å². The van der Waals surface area contributed by atoms with Crippen molar-refractivity contribution in [2.24, 2.45) is 5.14 Å². The summed E-state index contributed by atoms with van der Waals surface area (Å²) in [6.45, 7) is 0. The Balaban J connectivity index is 2.11. The van der Waals surface area contributed by atoms with E-state index in [0.29, 0.717) is 16.5 Å².